The highest BCUT2D eigenvalue weighted by Crippen LogP contribution is 2.16. The lowest BCUT2D eigenvalue weighted by Gasteiger charge is -2.14. The summed E-state index contributed by atoms with van der Waals surface area (Å²) in [5, 5.41) is 14.1. The van der Waals surface area contributed by atoms with Crippen LogP contribution < -0.4 is 5.32 Å². The van der Waals surface area contributed by atoms with Gasteiger partial charge < -0.3 is 10.0 Å². The number of carbonyl (C=O) groups excluding carboxylic acids is 1. The van der Waals surface area contributed by atoms with Crippen molar-refractivity contribution in [2.75, 3.05) is 18.4 Å². The lowest BCUT2D eigenvalue weighted by molar-refractivity contribution is 0.222. The van der Waals surface area contributed by atoms with Gasteiger partial charge in [0.2, 0.25) is 0 Å². The van der Waals surface area contributed by atoms with Crippen molar-refractivity contribution < 1.29 is 9.90 Å². The molecule has 5 nitrogen and oxygen atoms in total. The second-order valence-electron chi connectivity index (χ2n) is 4.75. The number of nitrogens with one attached hydrogen (secondary N) is 1. The second-order valence-corrected chi connectivity index (χ2v) is 5.61. The molecule has 0 atom stereocenters. The third-order valence-corrected chi connectivity index (χ3v) is 3.86. The van der Waals surface area contributed by atoms with Crippen LogP contribution in [0.15, 0.2) is 35.7 Å². The molecule has 0 radical (unpaired) electrons. The van der Waals surface area contributed by atoms with Crippen LogP contribution in [0.25, 0.3) is 0 Å². The van der Waals surface area contributed by atoms with Crippen molar-refractivity contribution in [1.29, 1.82) is 0 Å². The highest BCUT2D eigenvalue weighted by atomic mass is 32.1. The number of urea groups is 1. The van der Waals surface area contributed by atoms with E-state index < -0.39 is 0 Å². The van der Waals surface area contributed by atoms with Crippen LogP contribution in [0.3, 0.4) is 0 Å². The fourth-order valence-electron chi connectivity index (χ4n) is 1.93. The first-order valence-corrected chi connectivity index (χ1v) is 7.75. The normalized spacial score (nSPS) is 13.5. The molecular weight excluding hydrogens is 286 g/mol. The predicted molar refractivity (Wildman–Crippen MR) is 84.8 cm³/mol. The van der Waals surface area contributed by atoms with Crippen molar-refractivity contribution in [3.05, 3.63) is 41.4 Å². The number of carbonyl (C=O) groups is 1. The van der Waals surface area contributed by atoms with Crippen molar-refractivity contribution in [2.45, 2.75) is 19.8 Å². The Kier molecular flexibility index (Phi) is 5.57. The number of phenolic OH excluding ortho intramolecular Hbond substituents is 1. The van der Waals surface area contributed by atoms with Gasteiger partial charge in [0.15, 0.2) is 5.13 Å². The van der Waals surface area contributed by atoms with Crippen LogP contribution in [0, 0.1) is 6.92 Å². The van der Waals surface area contributed by atoms with Crippen LogP contribution in [-0.4, -0.2) is 34.1 Å². The van der Waals surface area contributed by atoms with Gasteiger partial charge in [0.05, 0.1) is 5.69 Å². The molecule has 0 aliphatic carbocycles. The van der Waals surface area contributed by atoms with E-state index in [9.17, 15) is 4.79 Å². The number of phenols is 1. The second kappa shape index (κ2) is 7.64. The van der Waals surface area contributed by atoms with Crippen LogP contribution in [0.2, 0.25) is 0 Å². The molecule has 2 N–H and O–H groups in total. The number of benzene rings is 1. The van der Waals surface area contributed by atoms with Gasteiger partial charge >= 0.3 is 6.03 Å². The number of nitrogens with zero attached hydrogens (tertiary/aromatic N) is 2. The van der Waals surface area contributed by atoms with Gasteiger partial charge in [-0.3, -0.25) is 5.32 Å². The minimum atomic E-state index is -0.0168. The zero-order chi connectivity index (χ0) is 15.1. The Balaban J connectivity index is 0.000000194. The highest BCUT2D eigenvalue weighted by Gasteiger charge is 2.18. The van der Waals surface area contributed by atoms with Crippen LogP contribution >= 0.6 is 11.3 Å². The van der Waals surface area contributed by atoms with E-state index in [1.54, 1.807) is 24.3 Å². The fourth-order valence-corrected chi connectivity index (χ4v) is 2.61. The summed E-state index contributed by atoms with van der Waals surface area (Å²) in [6.07, 6.45) is 2.23. The number of hydrogen-bond donors (Lipinski definition) is 2. The van der Waals surface area contributed by atoms with E-state index in [4.69, 9.17) is 5.11 Å². The van der Waals surface area contributed by atoms with Gasteiger partial charge in [0.25, 0.3) is 0 Å². The molecule has 0 bridgehead atoms. The lowest BCUT2D eigenvalue weighted by atomic mass is 10.3. The summed E-state index contributed by atoms with van der Waals surface area (Å²) in [6.45, 7) is 3.66. The standard InChI is InChI=1S/C9H13N3OS.C6H6O/c1-7-6-14-8(10-7)11-9(13)12-4-2-3-5-12;7-6-4-2-1-3-5-6/h6H,2-5H2,1H3,(H,10,11,13);1-5,7H. The topological polar surface area (TPSA) is 65.5 Å². The number of hydrogen-bond acceptors (Lipinski definition) is 4. The monoisotopic (exact) mass is 305 g/mol. The molecule has 1 fully saturated rings. The summed E-state index contributed by atoms with van der Waals surface area (Å²) in [5.74, 6) is 0.322. The van der Waals surface area contributed by atoms with Gasteiger partial charge in [-0.15, -0.1) is 11.3 Å². The summed E-state index contributed by atoms with van der Waals surface area (Å²) in [7, 11) is 0. The van der Waals surface area contributed by atoms with Crippen molar-refractivity contribution >= 4 is 22.5 Å². The molecule has 1 saturated heterocycles. The Bertz CT molecular complexity index is 565. The molecule has 0 unspecified atom stereocenters. The third-order valence-electron chi connectivity index (χ3n) is 2.98. The summed E-state index contributed by atoms with van der Waals surface area (Å²) in [5.41, 5.74) is 0.951. The summed E-state index contributed by atoms with van der Waals surface area (Å²) >= 11 is 1.47. The van der Waals surface area contributed by atoms with Gasteiger partial charge in [-0.1, -0.05) is 18.2 Å². The largest absolute Gasteiger partial charge is 0.508 e. The zero-order valence-corrected chi connectivity index (χ0v) is 12.8. The third kappa shape index (κ3) is 5.07. The lowest BCUT2D eigenvalue weighted by Crippen LogP contribution is -2.32. The van der Waals surface area contributed by atoms with Crippen molar-refractivity contribution in [3.8, 4) is 5.75 Å². The maximum absolute atomic E-state index is 11.6. The molecule has 21 heavy (non-hydrogen) atoms. The number of anilines is 1. The molecule has 6 heteroatoms. The molecular formula is C15H19N3O2S. The molecule has 0 saturated carbocycles. The number of thiazole rings is 1. The van der Waals surface area contributed by atoms with Crippen LogP contribution in [-0.2, 0) is 0 Å². The number of aryl methyl sites for hydroxylation is 1. The summed E-state index contributed by atoms with van der Waals surface area (Å²) in [4.78, 5) is 17.6. The minimum Gasteiger partial charge on any atom is -0.508 e. The quantitative estimate of drug-likeness (QED) is 0.848. The number of likely N-dealkylation sites (tertiary alicyclic amines) is 1. The van der Waals surface area contributed by atoms with E-state index in [0.717, 1.165) is 31.6 Å². The predicted octanol–water partition coefficient (Wildman–Crippen LogP) is 3.47. The maximum atomic E-state index is 11.6. The van der Waals surface area contributed by atoms with Gasteiger partial charge in [-0.05, 0) is 31.9 Å². The SMILES string of the molecule is Cc1csc(NC(=O)N2CCCC2)n1.Oc1ccccc1. The Labute approximate surface area is 128 Å². The van der Waals surface area contributed by atoms with E-state index in [-0.39, 0.29) is 6.03 Å². The Hall–Kier alpha value is -2.08. The van der Waals surface area contributed by atoms with Crippen molar-refractivity contribution in [3.63, 3.8) is 0 Å². The zero-order valence-electron chi connectivity index (χ0n) is 12.0. The minimum absolute atomic E-state index is 0.0168. The first-order valence-electron chi connectivity index (χ1n) is 6.87. The molecule has 1 aliphatic heterocycles. The van der Waals surface area contributed by atoms with Crippen LogP contribution in [0.1, 0.15) is 18.5 Å². The van der Waals surface area contributed by atoms with Gasteiger partial charge in [-0.2, -0.15) is 0 Å². The Morgan fingerprint density at radius 2 is 1.95 bits per heavy atom. The number of aromatic hydroxyl groups is 1. The number of amides is 2. The van der Waals surface area contributed by atoms with Crippen LogP contribution in [0.4, 0.5) is 9.93 Å². The Morgan fingerprint density at radius 3 is 2.43 bits per heavy atom. The molecule has 112 valence electrons. The fraction of sp³-hybridized carbons (Fsp3) is 0.333. The summed E-state index contributed by atoms with van der Waals surface area (Å²) < 4.78 is 0. The van der Waals surface area contributed by atoms with E-state index in [2.05, 4.69) is 10.3 Å². The first kappa shape index (κ1) is 15.3. The average Bonchev–Trinajstić information content (AvgIpc) is 3.12. The van der Waals surface area contributed by atoms with E-state index in [0.29, 0.717) is 10.9 Å². The molecule has 0 spiro atoms. The van der Waals surface area contributed by atoms with Crippen molar-refractivity contribution in [2.24, 2.45) is 0 Å². The Morgan fingerprint density at radius 1 is 1.29 bits per heavy atom. The number of aromatic nitrogens is 1. The van der Waals surface area contributed by atoms with E-state index in [1.165, 1.54) is 11.3 Å². The van der Waals surface area contributed by atoms with Crippen LogP contribution in [0.5, 0.6) is 5.75 Å². The molecule has 2 aromatic rings. The smallest absolute Gasteiger partial charge is 0.323 e. The van der Waals surface area contributed by atoms with E-state index >= 15 is 0 Å². The number of rotatable bonds is 1. The van der Waals surface area contributed by atoms with Gasteiger partial charge in [-0.25, -0.2) is 9.78 Å². The molecule has 1 aromatic carbocycles. The molecule has 2 amide bonds. The summed E-state index contributed by atoms with van der Waals surface area (Å²) in [6, 6.07) is 8.70. The highest BCUT2D eigenvalue weighted by molar-refractivity contribution is 7.13. The molecule has 1 aromatic heterocycles. The van der Waals surface area contributed by atoms with Crippen molar-refractivity contribution in [1.82, 2.24) is 9.88 Å². The van der Waals surface area contributed by atoms with E-state index in [1.807, 2.05) is 23.3 Å². The molecule has 1 aliphatic rings. The van der Waals surface area contributed by atoms with Gasteiger partial charge in [0.1, 0.15) is 5.75 Å². The maximum Gasteiger partial charge on any atom is 0.323 e. The van der Waals surface area contributed by atoms with Gasteiger partial charge in [0, 0.05) is 18.5 Å². The first-order chi connectivity index (χ1) is 10.1. The molecule has 2 heterocycles. The number of para-hydroxylation sites is 1. The average molecular weight is 305 g/mol. The molecule has 3 rings (SSSR count).